The zero-order valence-electron chi connectivity index (χ0n) is 16.5. The van der Waals surface area contributed by atoms with Crippen LogP contribution in [0.25, 0.3) is 0 Å². The molecular formula is C24H20O6. The van der Waals surface area contributed by atoms with E-state index in [1.807, 2.05) is 19.1 Å². The molecule has 0 aliphatic rings. The number of esters is 3. The van der Waals surface area contributed by atoms with Crippen molar-refractivity contribution >= 4 is 24.4 Å². The number of benzene rings is 3. The summed E-state index contributed by atoms with van der Waals surface area (Å²) in [7, 11) is 0. The first-order chi connectivity index (χ1) is 14.4. The predicted molar refractivity (Wildman–Crippen MR) is 110 cm³/mol. The van der Waals surface area contributed by atoms with E-state index in [0.717, 1.165) is 11.1 Å². The molecule has 0 radical (unpaired) electrons. The van der Waals surface area contributed by atoms with E-state index in [0.29, 0.717) is 16.7 Å². The highest BCUT2D eigenvalue weighted by molar-refractivity contribution is 6.03. The molecule has 0 amide bonds. The maximum atomic E-state index is 11.9. The van der Waals surface area contributed by atoms with E-state index in [9.17, 15) is 19.2 Å². The largest absolute Gasteiger partial charge is 0.392 e. The van der Waals surface area contributed by atoms with E-state index >= 15 is 0 Å². The van der Waals surface area contributed by atoms with Gasteiger partial charge in [-0.3, -0.25) is 4.79 Å². The van der Waals surface area contributed by atoms with Gasteiger partial charge in [0.15, 0.2) is 0 Å². The summed E-state index contributed by atoms with van der Waals surface area (Å²) >= 11 is 0. The average Bonchev–Trinajstić information content (AvgIpc) is 2.75. The minimum absolute atomic E-state index is 0.120. The lowest BCUT2D eigenvalue weighted by Gasteiger charge is -2.05. The quantitative estimate of drug-likeness (QED) is 0.366. The van der Waals surface area contributed by atoms with Gasteiger partial charge in [0.25, 0.3) is 0 Å². The van der Waals surface area contributed by atoms with Gasteiger partial charge in [-0.1, -0.05) is 54.1 Å². The van der Waals surface area contributed by atoms with Gasteiger partial charge < -0.3 is 9.47 Å². The Labute approximate surface area is 174 Å². The smallest absolute Gasteiger partial charge is 0.346 e. The van der Waals surface area contributed by atoms with Crippen molar-refractivity contribution in [1.29, 1.82) is 0 Å². The van der Waals surface area contributed by atoms with Gasteiger partial charge in [0.1, 0.15) is 0 Å². The summed E-state index contributed by atoms with van der Waals surface area (Å²) in [5, 5.41) is 0. The van der Waals surface area contributed by atoms with Crippen LogP contribution in [0.5, 0.6) is 0 Å². The van der Waals surface area contributed by atoms with Crippen molar-refractivity contribution in [3.05, 3.63) is 107 Å². The molecule has 3 rings (SSSR count). The Morgan fingerprint density at radius 1 is 0.700 bits per heavy atom. The standard InChI is InChI=1S/C16H14O3.C8H6O3/c1-11-6-5-8-13(10-11)15(17)19-16(18)14-9-4-3-7-12(14)2;9-6-11-8(10)7-4-2-1-3-5-7/h3-10H,1-2H3;1-6H. The first-order valence-corrected chi connectivity index (χ1v) is 9.01. The van der Waals surface area contributed by atoms with Gasteiger partial charge >= 0.3 is 24.4 Å². The monoisotopic (exact) mass is 404 g/mol. The van der Waals surface area contributed by atoms with Crippen LogP contribution >= 0.6 is 0 Å². The molecule has 0 aliphatic heterocycles. The summed E-state index contributed by atoms with van der Waals surface area (Å²) in [5.74, 6) is -1.87. The summed E-state index contributed by atoms with van der Waals surface area (Å²) in [5.41, 5.74) is 2.88. The highest BCUT2D eigenvalue weighted by Crippen LogP contribution is 2.11. The summed E-state index contributed by atoms with van der Waals surface area (Å²) in [6.07, 6.45) is 0. The lowest BCUT2D eigenvalue weighted by molar-refractivity contribution is -0.123. The zero-order chi connectivity index (χ0) is 21.9. The first kappa shape index (κ1) is 22.2. The molecule has 152 valence electrons. The number of carbonyl (C=O) groups is 4. The van der Waals surface area contributed by atoms with Gasteiger partial charge in [-0.15, -0.1) is 0 Å². The molecule has 6 heteroatoms. The molecule has 30 heavy (non-hydrogen) atoms. The highest BCUT2D eigenvalue weighted by atomic mass is 16.6. The van der Waals surface area contributed by atoms with Crippen LogP contribution in [0.15, 0.2) is 78.9 Å². The molecule has 0 saturated heterocycles. The summed E-state index contributed by atoms with van der Waals surface area (Å²) in [4.78, 5) is 44.3. The summed E-state index contributed by atoms with van der Waals surface area (Å²) < 4.78 is 8.99. The van der Waals surface area contributed by atoms with E-state index in [2.05, 4.69) is 4.74 Å². The second kappa shape index (κ2) is 11.1. The van der Waals surface area contributed by atoms with Gasteiger partial charge in [-0.05, 0) is 49.7 Å². The molecule has 0 bridgehead atoms. The Morgan fingerprint density at radius 2 is 1.33 bits per heavy atom. The van der Waals surface area contributed by atoms with Crippen LogP contribution in [0.2, 0.25) is 0 Å². The molecule has 0 N–H and O–H groups in total. The van der Waals surface area contributed by atoms with Crippen LogP contribution < -0.4 is 0 Å². The molecular weight excluding hydrogens is 384 g/mol. The summed E-state index contributed by atoms with van der Waals surface area (Å²) in [6, 6.07) is 22.3. The zero-order valence-corrected chi connectivity index (χ0v) is 16.5. The molecule has 0 atom stereocenters. The van der Waals surface area contributed by atoms with Crippen LogP contribution in [0.3, 0.4) is 0 Å². The van der Waals surface area contributed by atoms with Crippen molar-refractivity contribution in [3.8, 4) is 0 Å². The van der Waals surface area contributed by atoms with Crippen LogP contribution in [0.1, 0.15) is 42.2 Å². The molecule has 0 aliphatic carbocycles. The third-order valence-electron chi connectivity index (χ3n) is 3.97. The number of rotatable bonds is 4. The lowest BCUT2D eigenvalue weighted by Crippen LogP contribution is -2.13. The van der Waals surface area contributed by atoms with Crippen molar-refractivity contribution in [2.75, 3.05) is 0 Å². The van der Waals surface area contributed by atoms with Crippen molar-refractivity contribution in [2.45, 2.75) is 13.8 Å². The van der Waals surface area contributed by atoms with Crippen LogP contribution in [0, 0.1) is 13.8 Å². The Morgan fingerprint density at radius 3 is 1.97 bits per heavy atom. The Hall–Kier alpha value is -4.06. The second-order valence-corrected chi connectivity index (χ2v) is 6.23. The fourth-order valence-corrected chi connectivity index (χ4v) is 2.46. The topological polar surface area (TPSA) is 86.7 Å². The number of hydrogen-bond donors (Lipinski definition) is 0. The number of aryl methyl sites for hydroxylation is 2. The molecule has 0 unspecified atom stereocenters. The fraction of sp³-hybridized carbons (Fsp3) is 0.0833. The minimum Gasteiger partial charge on any atom is -0.392 e. The van der Waals surface area contributed by atoms with Crippen LogP contribution in [-0.2, 0) is 14.3 Å². The Balaban J connectivity index is 0.000000248. The fourth-order valence-electron chi connectivity index (χ4n) is 2.46. The van der Waals surface area contributed by atoms with Gasteiger partial charge in [0, 0.05) is 0 Å². The van der Waals surface area contributed by atoms with E-state index in [1.54, 1.807) is 73.7 Å². The van der Waals surface area contributed by atoms with Crippen LogP contribution in [-0.4, -0.2) is 24.4 Å². The third kappa shape index (κ3) is 6.53. The second-order valence-electron chi connectivity index (χ2n) is 6.23. The predicted octanol–water partition coefficient (Wildman–Crippen LogP) is 4.30. The molecule has 0 aromatic heterocycles. The molecule has 6 nitrogen and oxygen atoms in total. The minimum atomic E-state index is -0.628. The van der Waals surface area contributed by atoms with Crippen LogP contribution in [0.4, 0.5) is 0 Å². The van der Waals surface area contributed by atoms with Crippen molar-refractivity contribution < 1.29 is 28.7 Å². The maximum Gasteiger partial charge on any atom is 0.346 e. The Kier molecular flexibility index (Phi) is 8.20. The average molecular weight is 404 g/mol. The van der Waals surface area contributed by atoms with Crippen molar-refractivity contribution in [3.63, 3.8) is 0 Å². The molecule has 0 fully saturated rings. The van der Waals surface area contributed by atoms with Gasteiger partial charge in [0.2, 0.25) is 0 Å². The van der Waals surface area contributed by atoms with E-state index < -0.39 is 17.9 Å². The SMILES string of the molecule is Cc1cccc(C(=O)OC(=O)c2ccccc2C)c1.O=COC(=O)c1ccccc1. The molecule has 3 aromatic rings. The lowest BCUT2D eigenvalue weighted by atomic mass is 10.1. The maximum absolute atomic E-state index is 11.9. The van der Waals surface area contributed by atoms with Crippen molar-refractivity contribution in [1.82, 2.24) is 0 Å². The van der Waals surface area contributed by atoms with E-state index in [4.69, 9.17) is 4.74 Å². The van der Waals surface area contributed by atoms with Gasteiger partial charge in [-0.2, -0.15) is 0 Å². The van der Waals surface area contributed by atoms with E-state index in [-0.39, 0.29) is 6.47 Å². The molecule has 3 aromatic carbocycles. The number of ether oxygens (including phenoxy) is 2. The molecule has 0 saturated carbocycles. The summed E-state index contributed by atoms with van der Waals surface area (Å²) in [6.45, 7) is 3.79. The van der Waals surface area contributed by atoms with Gasteiger partial charge in [-0.25, -0.2) is 14.4 Å². The Bertz CT molecular complexity index is 1040. The molecule has 0 spiro atoms. The first-order valence-electron chi connectivity index (χ1n) is 9.01. The highest BCUT2D eigenvalue weighted by Gasteiger charge is 2.16. The number of carbonyl (C=O) groups excluding carboxylic acids is 4. The number of hydrogen-bond acceptors (Lipinski definition) is 6. The van der Waals surface area contributed by atoms with Gasteiger partial charge in [0.05, 0.1) is 16.7 Å². The van der Waals surface area contributed by atoms with E-state index in [1.165, 1.54) is 0 Å². The van der Waals surface area contributed by atoms with Crippen molar-refractivity contribution in [2.24, 2.45) is 0 Å². The molecule has 0 heterocycles. The third-order valence-corrected chi connectivity index (χ3v) is 3.97. The normalized spacial score (nSPS) is 9.53.